The maximum Gasteiger partial charge on any atom is 0.281 e. The van der Waals surface area contributed by atoms with Gasteiger partial charge in [0.2, 0.25) is 0 Å². The molecule has 0 saturated carbocycles. The molecule has 3 aromatic carbocycles. The van der Waals surface area contributed by atoms with Gasteiger partial charge in [-0.2, -0.15) is 0 Å². The number of para-hydroxylation sites is 3. The highest BCUT2D eigenvalue weighted by Gasteiger charge is 2.33. The van der Waals surface area contributed by atoms with Crippen molar-refractivity contribution in [1.29, 1.82) is 0 Å². The number of nitrogens with one attached hydrogen (secondary N) is 1. The summed E-state index contributed by atoms with van der Waals surface area (Å²) in [5, 5.41) is 3.34. The fourth-order valence-electron chi connectivity index (χ4n) is 3.97. The molecule has 0 unspecified atom stereocenters. The highest BCUT2D eigenvalue weighted by molar-refractivity contribution is 7.80. The van der Waals surface area contributed by atoms with Crippen molar-refractivity contribution >= 4 is 35.0 Å². The standard InChI is InChI=1S/C29H28N2O4S/c1-4-10-21-11-6-8-13-26(21)35-19-22-17-20(15-16-25(22)33-3)18-23-28(32)31(29(36)30-23)24-12-7-9-14-27(24)34-5-2/h4,6-9,11-18H,1,5,10,19H2,2-3H3,(H,30,36)/b23-18+. The Morgan fingerprint density at radius 2 is 1.72 bits per heavy atom. The molecule has 7 heteroatoms. The Morgan fingerprint density at radius 3 is 2.47 bits per heavy atom. The average molecular weight is 501 g/mol. The van der Waals surface area contributed by atoms with E-state index in [1.165, 1.54) is 4.90 Å². The lowest BCUT2D eigenvalue weighted by molar-refractivity contribution is -0.113. The van der Waals surface area contributed by atoms with Gasteiger partial charge in [0.1, 0.15) is 29.6 Å². The van der Waals surface area contributed by atoms with Gasteiger partial charge in [0.15, 0.2) is 5.11 Å². The number of nitrogens with zero attached hydrogens (tertiary/aromatic N) is 1. The first-order valence-corrected chi connectivity index (χ1v) is 12.0. The van der Waals surface area contributed by atoms with Crippen LogP contribution < -0.4 is 24.4 Å². The van der Waals surface area contributed by atoms with E-state index in [-0.39, 0.29) is 5.91 Å². The predicted octanol–water partition coefficient (Wildman–Crippen LogP) is 5.66. The number of hydrogen-bond donors (Lipinski definition) is 1. The van der Waals surface area contributed by atoms with Gasteiger partial charge in [-0.1, -0.05) is 42.5 Å². The molecule has 3 aromatic rings. The van der Waals surface area contributed by atoms with Crippen molar-refractivity contribution < 1.29 is 19.0 Å². The molecule has 1 aliphatic heterocycles. The summed E-state index contributed by atoms with van der Waals surface area (Å²) in [5.74, 6) is 1.84. The molecule has 0 aromatic heterocycles. The topological polar surface area (TPSA) is 60.0 Å². The number of thiocarbonyl (C=S) groups is 1. The largest absolute Gasteiger partial charge is 0.496 e. The van der Waals surface area contributed by atoms with Crippen LogP contribution in [0, 0.1) is 0 Å². The zero-order valence-corrected chi connectivity index (χ0v) is 21.1. The molecule has 0 aliphatic carbocycles. The van der Waals surface area contributed by atoms with Gasteiger partial charge in [0, 0.05) is 5.56 Å². The summed E-state index contributed by atoms with van der Waals surface area (Å²) in [7, 11) is 1.62. The van der Waals surface area contributed by atoms with E-state index >= 15 is 0 Å². The minimum atomic E-state index is -0.251. The number of ether oxygens (including phenoxy) is 3. The Labute approximate surface area is 216 Å². The van der Waals surface area contributed by atoms with Crippen LogP contribution in [0.25, 0.3) is 6.08 Å². The number of amides is 1. The monoisotopic (exact) mass is 500 g/mol. The molecule has 36 heavy (non-hydrogen) atoms. The maximum absolute atomic E-state index is 13.3. The molecular formula is C29H28N2O4S. The minimum absolute atomic E-state index is 0.251. The highest BCUT2D eigenvalue weighted by Crippen LogP contribution is 2.32. The molecule has 1 saturated heterocycles. The average Bonchev–Trinajstić information content (AvgIpc) is 3.16. The second-order valence-corrected chi connectivity index (χ2v) is 8.38. The molecule has 0 radical (unpaired) electrons. The summed E-state index contributed by atoms with van der Waals surface area (Å²) in [4.78, 5) is 14.7. The van der Waals surface area contributed by atoms with E-state index in [0.29, 0.717) is 41.2 Å². The predicted molar refractivity (Wildman–Crippen MR) is 146 cm³/mol. The second-order valence-electron chi connectivity index (χ2n) is 7.99. The van der Waals surface area contributed by atoms with Gasteiger partial charge in [-0.25, -0.2) is 4.90 Å². The smallest absolute Gasteiger partial charge is 0.281 e. The second kappa shape index (κ2) is 11.6. The number of anilines is 1. The van der Waals surface area contributed by atoms with Crippen molar-refractivity contribution in [1.82, 2.24) is 5.32 Å². The van der Waals surface area contributed by atoms with Crippen molar-refractivity contribution in [2.45, 2.75) is 20.0 Å². The molecule has 4 rings (SSSR count). The van der Waals surface area contributed by atoms with Crippen LogP contribution in [0.4, 0.5) is 5.69 Å². The van der Waals surface area contributed by atoms with Gasteiger partial charge in [-0.3, -0.25) is 4.79 Å². The third-order valence-electron chi connectivity index (χ3n) is 5.62. The van der Waals surface area contributed by atoms with E-state index in [1.54, 1.807) is 13.2 Å². The molecule has 0 spiro atoms. The molecule has 6 nitrogen and oxygen atoms in total. The van der Waals surface area contributed by atoms with E-state index in [0.717, 1.165) is 28.9 Å². The summed E-state index contributed by atoms with van der Waals surface area (Å²) in [6.07, 6.45) is 4.34. The Morgan fingerprint density at radius 1 is 0.972 bits per heavy atom. The lowest BCUT2D eigenvalue weighted by Crippen LogP contribution is -2.30. The Kier molecular flexibility index (Phi) is 8.02. The van der Waals surface area contributed by atoms with Crippen LogP contribution in [0.2, 0.25) is 0 Å². The Hall–Kier alpha value is -4.10. The van der Waals surface area contributed by atoms with Gasteiger partial charge in [-0.15, -0.1) is 6.58 Å². The van der Waals surface area contributed by atoms with Gasteiger partial charge < -0.3 is 19.5 Å². The van der Waals surface area contributed by atoms with E-state index < -0.39 is 0 Å². The molecule has 1 amide bonds. The first kappa shape index (κ1) is 25.0. The van der Waals surface area contributed by atoms with Crippen LogP contribution in [0.15, 0.2) is 85.1 Å². The number of carbonyl (C=O) groups excluding carboxylic acids is 1. The van der Waals surface area contributed by atoms with Gasteiger partial charge >= 0.3 is 0 Å². The number of rotatable bonds is 10. The van der Waals surface area contributed by atoms with Gasteiger partial charge in [0.05, 0.1) is 19.4 Å². The van der Waals surface area contributed by atoms with Crippen LogP contribution in [0.1, 0.15) is 23.6 Å². The number of benzene rings is 3. The van der Waals surface area contributed by atoms with Crippen molar-refractivity contribution in [3.63, 3.8) is 0 Å². The number of hydrogen-bond acceptors (Lipinski definition) is 5. The minimum Gasteiger partial charge on any atom is -0.496 e. The van der Waals surface area contributed by atoms with Crippen molar-refractivity contribution in [2.75, 3.05) is 18.6 Å². The molecule has 1 aliphatic rings. The number of methoxy groups -OCH3 is 1. The summed E-state index contributed by atoms with van der Waals surface area (Å²) >= 11 is 5.48. The maximum atomic E-state index is 13.3. The van der Waals surface area contributed by atoms with Crippen molar-refractivity contribution in [3.05, 3.63) is 102 Å². The SMILES string of the molecule is C=CCc1ccccc1OCc1cc(/C=C2/NC(=S)N(c3ccccc3OCC)C2=O)ccc1OC. The van der Waals surface area contributed by atoms with E-state index in [9.17, 15) is 4.79 Å². The first-order chi connectivity index (χ1) is 17.5. The Balaban J connectivity index is 1.58. The lowest BCUT2D eigenvalue weighted by atomic mass is 10.1. The fraction of sp³-hybridized carbons (Fsp3) is 0.172. The quantitative estimate of drug-likeness (QED) is 0.220. The van der Waals surface area contributed by atoms with Crippen LogP contribution in [-0.2, 0) is 17.8 Å². The normalized spacial score (nSPS) is 14.1. The van der Waals surface area contributed by atoms with Crippen LogP contribution in [-0.4, -0.2) is 24.7 Å². The van der Waals surface area contributed by atoms with E-state index in [2.05, 4.69) is 11.9 Å². The summed E-state index contributed by atoms with van der Waals surface area (Å²) in [6.45, 7) is 6.50. The molecule has 1 fully saturated rings. The number of allylic oxidation sites excluding steroid dienone is 1. The lowest BCUT2D eigenvalue weighted by Gasteiger charge is -2.18. The summed E-state index contributed by atoms with van der Waals surface area (Å²) in [6, 6.07) is 20.9. The molecule has 1 heterocycles. The number of carbonyl (C=O) groups is 1. The molecule has 1 N–H and O–H groups in total. The zero-order valence-electron chi connectivity index (χ0n) is 20.3. The van der Waals surface area contributed by atoms with Gasteiger partial charge in [-0.05, 0) is 73.1 Å². The van der Waals surface area contributed by atoms with Crippen LogP contribution in [0.5, 0.6) is 17.2 Å². The molecule has 0 bridgehead atoms. The zero-order chi connectivity index (χ0) is 25.5. The molecular weight excluding hydrogens is 472 g/mol. The third-order valence-corrected chi connectivity index (χ3v) is 5.90. The van der Waals surface area contributed by atoms with Gasteiger partial charge in [0.25, 0.3) is 5.91 Å². The van der Waals surface area contributed by atoms with Crippen LogP contribution in [0.3, 0.4) is 0 Å². The first-order valence-electron chi connectivity index (χ1n) is 11.6. The fourth-order valence-corrected chi connectivity index (χ4v) is 4.26. The summed E-state index contributed by atoms with van der Waals surface area (Å²) in [5.41, 5.74) is 3.71. The molecule has 0 atom stereocenters. The third kappa shape index (κ3) is 5.42. The van der Waals surface area contributed by atoms with Crippen molar-refractivity contribution in [2.24, 2.45) is 0 Å². The Bertz CT molecular complexity index is 1320. The van der Waals surface area contributed by atoms with Crippen molar-refractivity contribution in [3.8, 4) is 17.2 Å². The van der Waals surface area contributed by atoms with Crippen LogP contribution >= 0.6 is 12.2 Å². The molecule has 184 valence electrons. The highest BCUT2D eigenvalue weighted by atomic mass is 32.1. The summed E-state index contributed by atoms with van der Waals surface area (Å²) < 4.78 is 17.4. The van der Waals surface area contributed by atoms with E-state index in [1.807, 2.05) is 79.7 Å². The van der Waals surface area contributed by atoms with E-state index in [4.69, 9.17) is 26.4 Å².